The van der Waals surface area contributed by atoms with Gasteiger partial charge in [0.05, 0.1) is 11.9 Å². The van der Waals surface area contributed by atoms with E-state index in [1.807, 2.05) is 0 Å². The molecule has 0 aliphatic rings. The first-order valence-corrected chi connectivity index (χ1v) is 6.60. The maximum Gasteiger partial charge on any atom is 0.0830 e. The van der Waals surface area contributed by atoms with Gasteiger partial charge in [-0.15, -0.1) is 0 Å². The highest BCUT2D eigenvalue weighted by atomic mass is 79.9. The van der Waals surface area contributed by atoms with E-state index in [0.29, 0.717) is 5.92 Å². The van der Waals surface area contributed by atoms with Gasteiger partial charge in [-0.25, -0.2) is 0 Å². The van der Waals surface area contributed by atoms with Crippen LogP contribution < -0.4 is 0 Å². The second kappa shape index (κ2) is 5.45. The fraction of sp³-hybridized carbons (Fsp3) is 0.385. The Morgan fingerprint density at radius 1 is 1.41 bits per heavy atom. The van der Waals surface area contributed by atoms with Gasteiger partial charge < -0.3 is 0 Å². The van der Waals surface area contributed by atoms with Crippen molar-refractivity contribution in [3.63, 3.8) is 0 Å². The first-order chi connectivity index (χ1) is 8.20. The Morgan fingerprint density at radius 2 is 2.24 bits per heavy atom. The maximum atomic E-state index is 4.12. The molecule has 1 atom stereocenters. The summed E-state index contributed by atoms with van der Waals surface area (Å²) in [5.74, 6) is 0.506. The van der Waals surface area contributed by atoms with Crippen molar-refractivity contribution in [2.45, 2.75) is 32.6 Å². The van der Waals surface area contributed by atoms with Crippen LogP contribution in [0.5, 0.6) is 0 Å². The van der Waals surface area contributed by atoms with E-state index in [1.54, 1.807) is 6.20 Å². The summed E-state index contributed by atoms with van der Waals surface area (Å²) in [5.41, 5.74) is 3.68. The minimum atomic E-state index is 0.506. The van der Waals surface area contributed by atoms with Crippen molar-refractivity contribution in [3.05, 3.63) is 45.7 Å². The van der Waals surface area contributed by atoms with Crippen LogP contribution in [0.25, 0.3) is 0 Å². The summed E-state index contributed by atoms with van der Waals surface area (Å²) in [6.45, 7) is 4.33. The van der Waals surface area contributed by atoms with Crippen molar-refractivity contribution in [1.29, 1.82) is 0 Å². The normalized spacial score (nSPS) is 12.6. The van der Waals surface area contributed by atoms with E-state index in [-0.39, 0.29) is 0 Å². The monoisotopic (exact) mass is 293 g/mol. The van der Waals surface area contributed by atoms with Crippen molar-refractivity contribution in [2.24, 2.45) is 0 Å². The number of hydrogen-bond acceptors (Lipinski definition) is 2. The molecule has 0 aliphatic heterocycles. The average molecular weight is 294 g/mol. The minimum Gasteiger partial charge on any atom is -0.198 e. The van der Waals surface area contributed by atoms with E-state index < -0.39 is 0 Å². The third-order valence-corrected chi connectivity index (χ3v) is 3.96. The Hall–Kier alpha value is -1.16. The van der Waals surface area contributed by atoms with Crippen LogP contribution in [-0.2, 0) is 6.42 Å². The molecule has 4 heteroatoms. The molecule has 1 N–H and O–H groups in total. The van der Waals surface area contributed by atoms with Gasteiger partial charge in [0.1, 0.15) is 0 Å². The summed E-state index contributed by atoms with van der Waals surface area (Å²) < 4.78 is 1.16. The Balaban J connectivity index is 2.20. The summed E-state index contributed by atoms with van der Waals surface area (Å²) in [5, 5.41) is 10.6. The highest BCUT2D eigenvalue weighted by Gasteiger charge is 2.12. The van der Waals surface area contributed by atoms with E-state index in [4.69, 9.17) is 0 Å². The molecule has 2 rings (SSSR count). The van der Waals surface area contributed by atoms with Crippen molar-refractivity contribution in [2.75, 3.05) is 0 Å². The number of aryl methyl sites for hydroxylation is 1. The number of aromatic nitrogens is 3. The fourth-order valence-electron chi connectivity index (χ4n) is 2.00. The average Bonchev–Trinajstić information content (AvgIpc) is 2.82. The van der Waals surface area contributed by atoms with E-state index >= 15 is 0 Å². The molecule has 0 bridgehead atoms. The van der Waals surface area contributed by atoms with Crippen LogP contribution in [0.3, 0.4) is 0 Å². The van der Waals surface area contributed by atoms with Crippen LogP contribution >= 0.6 is 15.9 Å². The topological polar surface area (TPSA) is 41.6 Å². The number of hydrogen-bond donors (Lipinski definition) is 1. The molecule has 3 nitrogen and oxygen atoms in total. The molecule has 90 valence electrons. The molecule has 0 radical (unpaired) electrons. The maximum absolute atomic E-state index is 4.12. The van der Waals surface area contributed by atoms with E-state index in [9.17, 15) is 0 Å². The second-order valence-corrected chi connectivity index (χ2v) is 5.13. The quantitative estimate of drug-likeness (QED) is 0.936. The lowest BCUT2D eigenvalue weighted by Gasteiger charge is -2.15. The molecule has 0 amide bonds. The number of H-pyrrole nitrogens is 1. The van der Waals surface area contributed by atoms with Gasteiger partial charge in [-0.1, -0.05) is 35.0 Å². The second-order valence-electron chi connectivity index (χ2n) is 4.28. The molecule has 0 saturated heterocycles. The van der Waals surface area contributed by atoms with Crippen molar-refractivity contribution in [3.8, 4) is 0 Å². The SMILES string of the molecule is CCC(Cc1cn[nH]n1)c1ccc(Br)c(C)c1. The zero-order valence-corrected chi connectivity index (χ0v) is 11.7. The third kappa shape index (κ3) is 2.94. The highest BCUT2D eigenvalue weighted by Crippen LogP contribution is 2.26. The summed E-state index contributed by atoms with van der Waals surface area (Å²) in [6, 6.07) is 6.56. The Morgan fingerprint density at radius 3 is 2.82 bits per heavy atom. The minimum absolute atomic E-state index is 0.506. The number of nitrogens with zero attached hydrogens (tertiary/aromatic N) is 2. The van der Waals surface area contributed by atoms with Crippen molar-refractivity contribution < 1.29 is 0 Å². The standard InChI is InChI=1S/C13H16BrN3/c1-3-10(7-12-8-15-17-16-12)11-4-5-13(14)9(2)6-11/h4-6,8,10H,3,7H2,1-2H3,(H,15,16,17). The lowest BCUT2D eigenvalue weighted by molar-refractivity contribution is 0.647. The zero-order chi connectivity index (χ0) is 12.3. The molecule has 17 heavy (non-hydrogen) atoms. The molecule has 1 heterocycles. The largest absolute Gasteiger partial charge is 0.198 e. The summed E-state index contributed by atoms with van der Waals surface area (Å²) in [7, 11) is 0. The predicted molar refractivity (Wildman–Crippen MR) is 72.0 cm³/mol. The van der Waals surface area contributed by atoms with Gasteiger partial charge >= 0.3 is 0 Å². The smallest absolute Gasteiger partial charge is 0.0830 e. The molecular weight excluding hydrogens is 278 g/mol. The number of aromatic amines is 1. The van der Waals surface area contributed by atoms with Crippen LogP contribution in [0.2, 0.25) is 0 Å². The number of rotatable bonds is 4. The van der Waals surface area contributed by atoms with Gasteiger partial charge in [0.25, 0.3) is 0 Å². The Kier molecular flexibility index (Phi) is 3.94. The number of nitrogens with one attached hydrogen (secondary N) is 1. The third-order valence-electron chi connectivity index (χ3n) is 3.07. The first-order valence-electron chi connectivity index (χ1n) is 5.81. The van der Waals surface area contributed by atoms with E-state index in [1.165, 1.54) is 11.1 Å². The molecule has 0 saturated carbocycles. The fourth-order valence-corrected chi connectivity index (χ4v) is 2.24. The molecule has 0 fully saturated rings. The van der Waals surface area contributed by atoms with Gasteiger partial charge in [-0.2, -0.15) is 15.4 Å². The van der Waals surface area contributed by atoms with Gasteiger partial charge in [-0.05, 0) is 42.9 Å². The lowest BCUT2D eigenvalue weighted by atomic mass is 9.91. The van der Waals surface area contributed by atoms with Crippen LogP contribution in [-0.4, -0.2) is 15.4 Å². The van der Waals surface area contributed by atoms with Gasteiger partial charge in [-0.3, -0.25) is 0 Å². The molecule has 1 aromatic carbocycles. The molecular formula is C13H16BrN3. The van der Waals surface area contributed by atoms with Gasteiger partial charge in [0, 0.05) is 4.47 Å². The van der Waals surface area contributed by atoms with Gasteiger partial charge in [0.15, 0.2) is 0 Å². The summed E-state index contributed by atoms with van der Waals surface area (Å²) >= 11 is 3.53. The number of benzene rings is 1. The van der Waals surface area contributed by atoms with E-state index in [0.717, 1.165) is 23.0 Å². The molecule has 0 spiro atoms. The van der Waals surface area contributed by atoms with Crippen LogP contribution in [0.4, 0.5) is 0 Å². The number of halogens is 1. The lowest BCUT2D eigenvalue weighted by Crippen LogP contribution is -2.02. The van der Waals surface area contributed by atoms with Crippen molar-refractivity contribution >= 4 is 15.9 Å². The van der Waals surface area contributed by atoms with E-state index in [2.05, 4.69) is 63.4 Å². The predicted octanol–water partition coefficient (Wildman–Crippen LogP) is 3.61. The zero-order valence-electron chi connectivity index (χ0n) is 10.1. The molecule has 1 unspecified atom stereocenters. The van der Waals surface area contributed by atoms with Crippen LogP contribution in [0.1, 0.15) is 36.1 Å². The van der Waals surface area contributed by atoms with Crippen LogP contribution in [0, 0.1) is 6.92 Å². The first kappa shape index (κ1) is 12.3. The molecule has 1 aromatic heterocycles. The highest BCUT2D eigenvalue weighted by molar-refractivity contribution is 9.10. The summed E-state index contributed by atoms with van der Waals surface area (Å²) in [6.07, 6.45) is 3.84. The summed E-state index contributed by atoms with van der Waals surface area (Å²) in [4.78, 5) is 0. The molecule has 2 aromatic rings. The van der Waals surface area contributed by atoms with Crippen LogP contribution in [0.15, 0.2) is 28.9 Å². The molecule has 0 aliphatic carbocycles. The Bertz CT molecular complexity index is 479. The van der Waals surface area contributed by atoms with Crippen molar-refractivity contribution in [1.82, 2.24) is 15.4 Å². The Labute approximate surface area is 110 Å². The van der Waals surface area contributed by atoms with Gasteiger partial charge in [0.2, 0.25) is 0 Å².